The van der Waals surface area contributed by atoms with Gasteiger partial charge in [-0.05, 0) is 18.6 Å². The molecule has 0 spiro atoms. The quantitative estimate of drug-likeness (QED) is 0.439. The highest BCUT2D eigenvalue weighted by Crippen LogP contribution is 2.17. The van der Waals surface area contributed by atoms with Gasteiger partial charge in [0.2, 0.25) is 0 Å². The highest BCUT2D eigenvalue weighted by Gasteiger charge is 1.98. The second-order valence-corrected chi connectivity index (χ2v) is 2.18. The van der Waals surface area contributed by atoms with Crippen molar-refractivity contribution in [1.29, 1.82) is 0 Å². The first-order valence-corrected chi connectivity index (χ1v) is 4.01. The number of aryl methyl sites for hydroxylation is 1. The van der Waals surface area contributed by atoms with Crippen molar-refractivity contribution < 1.29 is 15.8 Å². The molecule has 0 aliphatic heterocycles. The molecule has 1 rings (SSSR count). The molecule has 0 aliphatic rings. The van der Waals surface area contributed by atoms with E-state index < -0.39 is 0 Å². The molecule has 68 valence electrons. The molecule has 0 heterocycles. The lowest BCUT2D eigenvalue weighted by atomic mass is 10.2. The maximum Gasteiger partial charge on any atom is 0.165 e. The predicted molar refractivity (Wildman–Crippen MR) is 47.6 cm³/mol. The van der Waals surface area contributed by atoms with Crippen LogP contribution in [0.5, 0.6) is 5.75 Å². The lowest BCUT2D eigenvalue weighted by molar-refractivity contribution is -0.825. The van der Waals surface area contributed by atoms with Crippen molar-refractivity contribution >= 4 is 5.69 Å². The Bertz CT molecular complexity index is 236. The highest BCUT2D eigenvalue weighted by atomic mass is 16.5. The number of rotatable bonds is 1. The summed E-state index contributed by atoms with van der Waals surface area (Å²) in [5, 5.41) is 17.6. The number of phenols is 1. The van der Waals surface area contributed by atoms with Gasteiger partial charge in [0.25, 0.3) is 0 Å². The monoisotopic (exact) mass is 170 g/mol. The Kier molecular flexibility index (Phi) is 5.08. The zero-order chi connectivity index (χ0) is 9.56. The maximum absolute atomic E-state index is 9.10. The van der Waals surface area contributed by atoms with Crippen LogP contribution in [0, 0.1) is 6.92 Å². The molecule has 12 heavy (non-hydrogen) atoms. The standard InChI is InChI=1S/C7H9NO2.C2H6/c1-5-2-3-6(8-10)4-7(5)9;1-2/h2-4,8-10H,1H3;1-2H3/p+1. The van der Waals surface area contributed by atoms with Crippen LogP contribution in [0.3, 0.4) is 0 Å². The molecule has 0 radical (unpaired) electrons. The van der Waals surface area contributed by atoms with Crippen LogP contribution in [0.1, 0.15) is 19.4 Å². The zero-order valence-electron chi connectivity index (χ0n) is 7.70. The first-order valence-electron chi connectivity index (χ1n) is 4.01. The van der Waals surface area contributed by atoms with E-state index in [2.05, 4.69) is 0 Å². The Morgan fingerprint density at radius 3 is 2.25 bits per heavy atom. The van der Waals surface area contributed by atoms with Gasteiger partial charge in [0, 0.05) is 12.1 Å². The molecular formula is C9H16NO2+. The van der Waals surface area contributed by atoms with Crippen molar-refractivity contribution in [3.05, 3.63) is 23.8 Å². The molecule has 3 heteroatoms. The molecule has 1 aromatic carbocycles. The molecule has 3 nitrogen and oxygen atoms in total. The maximum atomic E-state index is 9.10. The molecule has 0 saturated carbocycles. The fourth-order valence-electron chi connectivity index (χ4n) is 0.707. The minimum atomic E-state index is 0.211. The summed E-state index contributed by atoms with van der Waals surface area (Å²) in [6.45, 7) is 5.80. The Morgan fingerprint density at radius 1 is 1.25 bits per heavy atom. The molecule has 0 fully saturated rings. The molecule has 1 aromatic rings. The molecule has 0 amide bonds. The van der Waals surface area contributed by atoms with Gasteiger partial charge >= 0.3 is 0 Å². The van der Waals surface area contributed by atoms with Crippen molar-refractivity contribution in [1.82, 2.24) is 0 Å². The fraction of sp³-hybridized carbons (Fsp3) is 0.333. The Morgan fingerprint density at radius 2 is 1.83 bits per heavy atom. The predicted octanol–water partition coefficient (Wildman–Crippen LogP) is 1.31. The fourth-order valence-corrected chi connectivity index (χ4v) is 0.707. The second kappa shape index (κ2) is 5.57. The van der Waals surface area contributed by atoms with E-state index in [1.807, 2.05) is 13.8 Å². The third-order valence-corrected chi connectivity index (χ3v) is 1.38. The van der Waals surface area contributed by atoms with Crippen LogP contribution in [0.15, 0.2) is 18.2 Å². The Labute approximate surface area is 72.6 Å². The van der Waals surface area contributed by atoms with Crippen molar-refractivity contribution in [3.8, 4) is 5.75 Å². The molecule has 4 N–H and O–H groups in total. The van der Waals surface area contributed by atoms with Gasteiger partial charge in [-0.15, -0.1) is 0 Å². The van der Waals surface area contributed by atoms with Crippen LogP contribution in [0.4, 0.5) is 5.69 Å². The van der Waals surface area contributed by atoms with Gasteiger partial charge in [-0.25, -0.2) is 5.21 Å². The van der Waals surface area contributed by atoms with Crippen molar-refractivity contribution in [3.63, 3.8) is 0 Å². The summed E-state index contributed by atoms with van der Waals surface area (Å²) >= 11 is 0. The topological polar surface area (TPSA) is 57.1 Å². The van der Waals surface area contributed by atoms with E-state index in [9.17, 15) is 0 Å². The van der Waals surface area contributed by atoms with E-state index in [-0.39, 0.29) is 5.75 Å². The van der Waals surface area contributed by atoms with E-state index in [4.69, 9.17) is 10.3 Å². The van der Waals surface area contributed by atoms with Crippen LogP contribution in [-0.2, 0) is 0 Å². The average molecular weight is 170 g/mol. The Balaban J connectivity index is 0.000000561. The number of hydrogen-bond acceptors (Lipinski definition) is 2. The van der Waals surface area contributed by atoms with Crippen molar-refractivity contribution in [2.75, 3.05) is 0 Å². The summed E-state index contributed by atoms with van der Waals surface area (Å²) in [5.41, 5.74) is 2.38. The largest absolute Gasteiger partial charge is 0.507 e. The van der Waals surface area contributed by atoms with Gasteiger partial charge < -0.3 is 5.11 Å². The van der Waals surface area contributed by atoms with Crippen LogP contribution in [-0.4, -0.2) is 10.3 Å². The summed E-state index contributed by atoms with van der Waals surface area (Å²) in [6.07, 6.45) is 0. The number of aromatic hydroxyl groups is 1. The molecule has 0 aliphatic carbocycles. The normalized spacial score (nSPS) is 8.67. The summed E-state index contributed by atoms with van der Waals surface area (Å²) < 4.78 is 0. The molecule has 0 aromatic heterocycles. The van der Waals surface area contributed by atoms with Crippen LogP contribution in [0.2, 0.25) is 0 Å². The first-order chi connectivity index (χ1) is 5.74. The SMILES string of the molecule is CC.Cc1ccc([NH2+]O)cc1O. The van der Waals surface area contributed by atoms with Gasteiger partial charge in [-0.1, -0.05) is 13.8 Å². The lowest BCUT2D eigenvalue weighted by Gasteiger charge is -1.96. The lowest BCUT2D eigenvalue weighted by Crippen LogP contribution is -2.73. The van der Waals surface area contributed by atoms with E-state index in [1.165, 1.54) is 6.07 Å². The molecule has 0 bridgehead atoms. The third-order valence-electron chi connectivity index (χ3n) is 1.38. The summed E-state index contributed by atoms with van der Waals surface area (Å²) in [4.78, 5) is 0. The highest BCUT2D eigenvalue weighted by molar-refractivity contribution is 5.41. The molecule has 0 atom stereocenters. The number of phenolic OH excluding ortho intramolecular Hbond substituents is 1. The van der Waals surface area contributed by atoms with Gasteiger partial charge in [0.15, 0.2) is 5.69 Å². The second-order valence-electron chi connectivity index (χ2n) is 2.18. The van der Waals surface area contributed by atoms with E-state index in [0.29, 0.717) is 5.69 Å². The first kappa shape index (κ1) is 10.9. The van der Waals surface area contributed by atoms with E-state index in [1.54, 1.807) is 19.1 Å². The van der Waals surface area contributed by atoms with E-state index >= 15 is 0 Å². The minimum absolute atomic E-state index is 0.211. The molecule has 0 unspecified atom stereocenters. The average Bonchev–Trinajstić information content (AvgIpc) is 2.13. The molecular weight excluding hydrogens is 154 g/mol. The van der Waals surface area contributed by atoms with Gasteiger partial charge in [0.1, 0.15) is 5.75 Å². The summed E-state index contributed by atoms with van der Waals surface area (Å²) in [5.74, 6) is 0.211. The summed E-state index contributed by atoms with van der Waals surface area (Å²) in [7, 11) is 0. The van der Waals surface area contributed by atoms with Gasteiger partial charge in [-0.3, -0.25) is 0 Å². The number of quaternary nitrogens is 1. The number of nitrogens with two attached hydrogens (primary N) is 1. The number of benzene rings is 1. The Hall–Kier alpha value is -1.06. The van der Waals surface area contributed by atoms with Gasteiger partial charge in [0.05, 0.1) is 0 Å². The van der Waals surface area contributed by atoms with Crippen LogP contribution >= 0.6 is 0 Å². The van der Waals surface area contributed by atoms with Crippen molar-refractivity contribution in [2.45, 2.75) is 20.8 Å². The van der Waals surface area contributed by atoms with Crippen LogP contribution < -0.4 is 5.48 Å². The number of hydrogen-bond donors (Lipinski definition) is 3. The molecule has 0 saturated heterocycles. The van der Waals surface area contributed by atoms with E-state index in [0.717, 1.165) is 11.0 Å². The minimum Gasteiger partial charge on any atom is -0.507 e. The zero-order valence-corrected chi connectivity index (χ0v) is 7.70. The van der Waals surface area contributed by atoms with Crippen LogP contribution in [0.25, 0.3) is 0 Å². The van der Waals surface area contributed by atoms with Gasteiger partial charge in [-0.2, -0.15) is 5.48 Å². The van der Waals surface area contributed by atoms with Crippen molar-refractivity contribution in [2.24, 2.45) is 0 Å². The summed E-state index contributed by atoms with van der Waals surface area (Å²) in [6, 6.07) is 4.99. The smallest absolute Gasteiger partial charge is 0.165 e. The third kappa shape index (κ3) is 2.90.